The quantitative estimate of drug-likeness (QED) is 0.856. The summed E-state index contributed by atoms with van der Waals surface area (Å²) in [6.45, 7) is 5.00. The van der Waals surface area contributed by atoms with Crippen LogP contribution in [0.25, 0.3) is 0 Å². The highest BCUT2D eigenvalue weighted by molar-refractivity contribution is 5.28. The number of likely N-dealkylation sites (N-methyl/N-ethyl adjacent to an activating group) is 1. The van der Waals surface area contributed by atoms with Crippen molar-refractivity contribution in [1.82, 2.24) is 5.32 Å². The van der Waals surface area contributed by atoms with E-state index in [-0.39, 0.29) is 6.04 Å². The van der Waals surface area contributed by atoms with Crippen LogP contribution in [0.4, 0.5) is 13.2 Å². The zero-order chi connectivity index (χ0) is 14.5. The third-order valence-corrected chi connectivity index (χ3v) is 2.70. The van der Waals surface area contributed by atoms with Gasteiger partial charge in [0.05, 0.1) is 18.2 Å². The fourth-order valence-electron chi connectivity index (χ4n) is 1.70. The van der Waals surface area contributed by atoms with Gasteiger partial charge in [0.2, 0.25) is 0 Å². The molecule has 1 rings (SSSR count). The van der Waals surface area contributed by atoms with Gasteiger partial charge in [0.1, 0.15) is 0 Å². The first-order chi connectivity index (χ1) is 8.84. The number of rotatable bonds is 6. The van der Waals surface area contributed by atoms with Gasteiger partial charge in [-0.25, -0.2) is 0 Å². The van der Waals surface area contributed by atoms with E-state index in [1.165, 1.54) is 12.1 Å². The van der Waals surface area contributed by atoms with Crippen LogP contribution in [-0.2, 0) is 10.9 Å². The van der Waals surface area contributed by atoms with E-state index in [0.29, 0.717) is 24.7 Å². The second-order valence-electron chi connectivity index (χ2n) is 4.90. The molecule has 1 aromatic rings. The van der Waals surface area contributed by atoms with Crippen LogP contribution in [0.2, 0.25) is 0 Å². The Morgan fingerprint density at radius 3 is 2.42 bits per heavy atom. The van der Waals surface area contributed by atoms with Crippen LogP contribution in [0, 0.1) is 5.92 Å². The predicted molar refractivity (Wildman–Crippen MR) is 68.9 cm³/mol. The van der Waals surface area contributed by atoms with E-state index in [9.17, 15) is 13.2 Å². The Morgan fingerprint density at radius 2 is 1.89 bits per heavy atom. The van der Waals surface area contributed by atoms with Gasteiger partial charge in [-0.15, -0.1) is 0 Å². The van der Waals surface area contributed by atoms with E-state index in [0.717, 1.165) is 6.07 Å². The predicted octanol–water partition coefficient (Wildman–Crippen LogP) is 3.64. The molecule has 108 valence electrons. The van der Waals surface area contributed by atoms with Crippen LogP contribution in [0.3, 0.4) is 0 Å². The minimum Gasteiger partial charge on any atom is -0.379 e. The van der Waals surface area contributed by atoms with Gasteiger partial charge in [-0.05, 0) is 30.7 Å². The minimum absolute atomic E-state index is 0.235. The molecular formula is C14H20F3NO. The molecular weight excluding hydrogens is 255 g/mol. The maximum atomic E-state index is 12.6. The van der Waals surface area contributed by atoms with Gasteiger partial charge in [-0.2, -0.15) is 13.2 Å². The molecule has 19 heavy (non-hydrogen) atoms. The molecule has 1 N–H and O–H groups in total. The van der Waals surface area contributed by atoms with Gasteiger partial charge < -0.3 is 10.1 Å². The molecule has 1 unspecified atom stereocenters. The number of benzene rings is 1. The van der Waals surface area contributed by atoms with E-state index in [2.05, 4.69) is 5.32 Å². The molecule has 0 aliphatic carbocycles. The second-order valence-corrected chi connectivity index (χ2v) is 4.90. The average molecular weight is 275 g/mol. The van der Waals surface area contributed by atoms with Crippen molar-refractivity contribution in [3.63, 3.8) is 0 Å². The molecule has 0 heterocycles. The van der Waals surface area contributed by atoms with E-state index in [1.54, 1.807) is 13.1 Å². The first-order valence-corrected chi connectivity index (χ1v) is 6.26. The number of hydrogen-bond acceptors (Lipinski definition) is 2. The second kappa shape index (κ2) is 6.91. The Balaban J connectivity index is 2.75. The number of alkyl halides is 3. The first-order valence-electron chi connectivity index (χ1n) is 6.26. The van der Waals surface area contributed by atoms with Gasteiger partial charge >= 0.3 is 6.18 Å². The van der Waals surface area contributed by atoms with Crippen molar-refractivity contribution < 1.29 is 17.9 Å². The average Bonchev–Trinajstić information content (AvgIpc) is 2.33. The van der Waals surface area contributed by atoms with Crippen molar-refractivity contribution >= 4 is 0 Å². The van der Waals surface area contributed by atoms with Crippen molar-refractivity contribution in [2.24, 2.45) is 5.92 Å². The lowest BCUT2D eigenvalue weighted by atomic mass is 10.0. The highest BCUT2D eigenvalue weighted by Crippen LogP contribution is 2.30. The molecule has 0 amide bonds. The van der Waals surface area contributed by atoms with E-state index >= 15 is 0 Å². The van der Waals surface area contributed by atoms with Gasteiger partial charge in [0.15, 0.2) is 0 Å². The molecule has 0 aliphatic heterocycles. The fraction of sp³-hybridized carbons (Fsp3) is 0.571. The Bertz CT molecular complexity index is 391. The topological polar surface area (TPSA) is 21.3 Å². The highest BCUT2D eigenvalue weighted by Gasteiger charge is 2.30. The molecule has 1 aromatic carbocycles. The normalized spacial score (nSPS) is 13.8. The summed E-state index contributed by atoms with van der Waals surface area (Å²) >= 11 is 0. The molecule has 0 bridgehead atoms. The van der Waals surface area contributed by atoms with Crippen LogP contribution in [0.15, 0.2) is 24.3 Å². The number of halogens is 3. The van der Waals surface area contributed by atoms with Crippen LogP contribution < -0.4 is 5.32 Å². The molecule has 5 heteroatoms. The standard InChI is InChI=1S/C14H20F3NO/c1-10(2)8-19-9-13(18-3)11-5-4-6-12(7-11)14(15,16)17/h4-7,10,13,18H,8-9H2,1-3H3. The highest BCUT2D eigenvalue weighted by atomic mass is 19.4. The monoisotopic (exact) mass is 275 g/mol. The molecule has 0 saturated carbocycles. The molecule has 0 saturated heterocycles. The van der Waals surface area contributed by atoms with Gasteiger partial charge in [-0.1, -0.05) is 26.0 Å². The largest absolute Gasteiger partial charge is 0.416 e. The summed E-state index contributed by atoms with van der Waals surface area (Å²) in [5.41, 5.74) is -0.0461. The summed E-state index contributed by atoms with van der Waals surface area (Å²) in [7, 11) is 1.71. The first kappa shape index (κ1) is 16.0. The van der Waals surface area contributed by atoms with Crippen LogP contribution in [-0.4, -0.2) is 20.3 Å². The minimum atomic E-state index is -4.31. The summed E-state index contributed by atoms with van der Waals surface area (Å²) in [6, 6.07) is 5.10. The lowest BCUT2D eigenvalue weighted by Gasteiger charge is -2.19. The van der Waals surface area contributed by atoms with Gasteiger partial charge in [0.25, 0.3) is 0 Å². The van der Waals surface area contributed by atoms with E-state index in [4.69, 9.17) is 4.74 Å². The summed E-state index contributed by atoms with van der Waals surface area (Å²) in [6.07, 6.45) is -4.31. The maximum absolute atomic E-state index is 12.6. The van der Waals surface area contributed by atoms with Crippen molar-refractivity contribution in [3.8, 4) is 0 Å². The maximum Gasteiger partial charge on any atom is 0.416 e. The van der Waals surface area contributed by atoms with Gasteiger partial charge in [0, 0.05) is 6.61 Å². The molecule has 1 atom stereocenters. The van der Waals surface area contributed by atoms with Crippen molar-refractivity contribution in [2.75, 3.05) is 20.3 Å². The van der Waals surface area contributed by atoms with Crippen molar-refractivity contribution in [1.29, 1.82) is 0 Å². The lowest BCUT2D eigenvalue weighted by molar-refractivity contribution is -0.137. The Hall–Kier alpha value is -1.07. The fourth-order valence-corrected chi connectivity index (χ4v) is 1.70. The molecule has 0 aliphatic rings. The van der Waals surface area contributed by atoms with Crippen molar-refractivity contribution in [3.05, 3.63) is 35.4 Å². The SMILES string of the molecule is CNC(COCC(C)C)c1cccc(C(F)(F)F)c1. The zero-order valence-corrected chi connectivity index (χ0v) is 11.4. The van der Waals surface area contributed by atoms with E-state index < -0.39 is 11.7 Å². The Labute approximate surface area is 112 Å². The Morgan fingerprint density at radius 1 is 1.21 bits per heavy atom. The number of hydrogen-bond donors (Lipinski definition) is 1. The summed E-state index contributed by atoms with van der Waals surface area (Å²) in [5, 5.41) is 2.98. The number of ether oxygens (including phenoxy) is 1. The molecule has 0 aromatic heterocycles. The molecule has 0 radical (unpaired) electrons. The third kappa shape index (κ3) is 5.20. The Kier molecular flexibility index (Phi) is 5.82. The smallest absolute Gasteiger partial charge is 0.379 e. The molecule has 2 nitrogen and oxygen atoms in total. The summed E-state index contributed by atoms with van der Waals surface area (Å²) < 4.78 is 43.4. The third-order valence-electron chi connectivity index (χ3n) is 2.70. The number of nitrogens with one attached hydrogen (secondary N) is 1. The summed E-state index contributed by atoms with van der Waals surface area (Å²) in [5.74, 6) is 0.402. The lowest BCUT2D eigenvalue weighted by Crippen LogP contribution is -2.23. The summed E-state index contributed by atoms with van der Waals surface area (Å²) in [4.78, 5) is 0. The molecule has 0 spiro atoms. The van der Waals surface area contributed by atoms with Crippen LogP contribution in [0.1, 0.15) is 31.0 Å². The van der Waals surface area contributed by atoms with Crippen LogP contribution >= 0.6 is 0 Å². The van der Waals surface area contributed by atoms with Crippen molar-refractivity contribution in [2.45, 2.75) is 26.1 Å². The zero-order valence-electron chi connectivity index (χ0n) is 11.4. The van der Waals surface area contributed by atoms with Gasteiger partial charge in [-0.3, -0.25) is 0 Å². The van der Waals surface area contributed by atoms with Crippen LogP contribution in [0.5, 0.6) is 0 Å². The molecule has 0 fully saturated rings. The van der Waals surface area contributed by atoms with E-state index in [1.807, 2.05) is 13.8 Å².